The van der Waals surface area contributed by atoms with Crippen LogP contribution in [0.15, 0.2) is 18.5 Å². The molecule has 2 heterocycles. The lowest BCUT2D eigenvalue weighted by atomic mass is 10.2. The van der Waals surface area contributed by atoms with Crippen LogP contribution in [0.25, 0.3) is 0 Å². The molecular formula is C11H15N3O. The van der Waals surface area contributed by atoms with Crippen LogP contribution in [0.2, 0.25) is 0 Å². The summed E-state index contributed by atoms with van der Waals surface area (Å²) in [6, 6.07) is 1.90. The maximum absolute atomic E-state index is 11.4. The Hall–Kier alpha value is -1.58. The number of aromatic nitrogens is 1. The van der Waals surface area contributed by atoms with Gasteiger partial charge < -0.3 is 10.2 Å². The Bertz CT molecular complexity index is 359. The zero-order valence-electron chi connectivity index (χ0n) is 8.86. The van der Waals surface area contributed by atoms with Crippen molar-refractivity contribution in [2.75, 3.05) is 25.0 Å². The SMILES string of the molecule is CNC(=O)c1cncc(N2CCCC2)c1. The van der Waals surface area contributed by atoms with Crippen molar-refractivity contribution < 1.29 is 4.79 Å². The molecule has 0 spiro atoms. The van der Waals surface area contributed by atoms with Crippen molar-refractivity contribution in [3.63, 3.8) is 0 Å². The van der Waals surface area contributed by atoms with E-state index in [1.165, 1.54) is 12.8 Å². The third kappa shape index (κ3) is 2.09. The Morgan fingerprint density at radius 1 is 1.40 bits per heavy atom. The zero-order chi connectivity index (χ0) is 10.7. The van der Waals surface area contributed by atoms with Crippen LogP contribution in [0.4, 0.5) is 5.69 Å². The van der Waals surface area contributed by atoms with Gasteiger partial charge in [-0.05, 0) is 18.9 Å². The van der Waals surface area contributed by atoms with E-state index >= 15 is 0 Å². The van der Waals surface area contributed by atoms with Gasteiger partial charge in [-0.1, -0.05) is 0 Å². The van der Waals surface area contributed by atoms with Crippen molar-refractivity contribution in [1.82, 2.24) is 10.3 Å². The minimum atomic E-state index is -0.0800. The molecule has 1 aliphatic rings. The lowest BCUT2D eigenvalue weighted by Gasteiger charge is -2.17. The van der Waals surface area contributed by atoms with Gasteiger partial charge in [-0.2, -0.15) is 0 Å². The number of hydrogen-bond donors (Lipinski definition) is 1. The molecule has 1 amide bonds. The quantitative estimate of drug-likeness (QED) is 0.784. The van der Waals surface area contributed by atoms with Gasteiger partial charge in [0.15, 0.2) is 0 Å². The molecular weight excluding hydrogens is 190 g/mol. The lowest BCUT2D eigenvalue weighted by molar-refractivity contribution is 0.0963. The standard InChI is InChI=1S/C11H15N3O/c1-12-11(15)9-6-10(8-13-7-9)14-4-2-3-5-14/h6-8H,2-5H2,1H3,(H,12,15). The predicted molar refractivity (Wildman–Crippen MR) is 59.1 cm³/mol. The summed E-state index contributed by atoms with van der Waals surface area (Å²) >= 11 is 0. The van der Waals surface area contributed by atoms with E-state index in [2.05, 4.69) is 15.2 Å². The highest BCUT2D eigenvalue weighted by atomic mass is 16.1. The van der Waals surface area contributed by atoms with Crippen LogP contribution in [0.5, 0.6) is 0 Å². The van der Waals surface area contributed by atoms with Gasteiger partial charge >= 0.3 is 0 Å². The number of carbonyl (C=O) groups excluding carboxylic acids is 1. The molecule has 1 fully saturated rings. The van der Waals surface area contributed by atoms with E-state index < -0.39 is 0 Å². The van der Waals surface area contributed by atoms with E-state index in [9.17, 15) is 4.79 Å². The van der Waals surface area contributed by atoms with Crippen LogP contribution in [0, 0.1) is 0 Å². The number of rotatable bonds is 2. The van der Waals surface area contributed by atoms with Gasteiger partial charge in [0.1, 0.15) is 0 Å². The number of hydrogen-bond acceptors (Lipinski definition) is 3. The van der Waals surface area contributed by atoms with Crippen molar-refractivity contribution in [1.29, 1.82) is 0 Å². The first kappa shape index (κ1) is 9.96. The molecule has 1 N–H and O–H groups in total. The van der Waals surface area contributed by atoms with E-state index in [-0.39, 0.29) is 5.91 Å². The Balaban J connectivity index is 2.21. The molecule has 4 heteroatoms. The summed E-state index contributed by atoms with van der Waals surface area (Å²) in [4.78, 5) is 17.8. The van der Waals surface area contributed by atoms with Gasteiger partial charge in [-0.15, -0.1) is 0 Å². The molecule has 2 rings (SSSR count). The largest absolute Gasteiger partial charge is 0.370 e. The molecule has 0 bridgehead atoms. The third-order valence-corrected chi connectivity index (χ3v) is 2.68. The lowest BCUT2D eigenvalue weighted by Crippen LogP contribution is -2.21. The fourth-order valence-electron chi connectivity index (χ4n) is 1.84. The summed E-state index contributed by atoms with van der Waals surface area (Å²) in [5.41, 5.74) is 1.68. The molecule has 0 radical (unpaired) electrons. The molecule has 1 aromatic rings. The molecule has 0 atom stereocenters. The van der Waals surface area contributed by atoms with Crippen molar-refractivity contribution in [2.45, 2.75) is 12.8 Å². The second kappa shape index (κ2) is 4.29. The van der Waals surface area contributed by atoms with Crippen molar-refractivity contribution in [3.8, 4) is 0 Å². The van der Waals surface area contributed by atoms with Crippen LogP contribution >= 0.6 is 0 Å². The summed E-state index contributed by atoms with van der Waals surface area (Å²) in [6.07, 6.45) is 5.87. The Kier molecular flexibility index (Phi) is 2.85. The first-order valence-electron chi connectivity index (χ1n) is 5.23. The summed E-state index contributed by atoms with van der Waals surface area (Å²) in [7, 11) is 1.63. The van der Waals surface area contributed by atoms with Crippen LogP contribution in [-0.4, -0.2) is 31.0 Å². The predicted octanol–water partition coefficient (Wildman–Crippen LogP) is 1.04. The smallest absolute Gasteiger partial charge is 0.252 e. The van der Waals surface area contributed by atoms with Crippen molar-refractivity contribution in [2.24, 2.45) is 0 Å². The molecule has 4 nitrogen and oxygen atoms in total. The van der Waals surface area contributed by atoms with E-state index in [4.69, 9.17) is 0 Å². The number of anilines is 1. The van der Waals surface area contributed by atoms with Gasteiger partial charge in [0.2, 0.25) is 0 Å². The number of nitrogens with one attached hydrogen (secondary N) is 1. The average molecular weight is 205 g/mol. The fourth-order valence-corrected chi connectivity index (χ4v) is 1.84. The van der Waals surface area contributed by atoms with E-state index in [1.807, 2.05) is 12.3 Å². The number of nitrogens with zero attached hydrogens (tertiary/aromatic N) is 2. The summed E-state index contributed by atoms with van der Waals surface area (Å²) in [6.45, 7) is 2.14. The fraction of sp³-hybridized carbons (Fsp3) is 0.455. The second-order valence-electron chi connectivity index (χ2n) is 3.71. The molecule has 15 heavy (non-hydrogen) atoms. The monoisotopic (exact) mass is 205 g/mol. The van der Waals surface area contributed by atoms with Gasteiger partial charge in [-0.3, -0.25) is 9.78 Å². The van der Waals surface area contributed by atoms with Gasteiger partial charge in [0.25, 0.3) is 5.91 Å². The van der Waals surface area contributed by atoms with E-state index in [0.29, 0.717) is 5.56 Å². The maximum Gasteiger partial charge on any atom is 0.252 e. The van der Waals surface area contributed by atoms with E-state index in [1.54, 1.807) is 13.2 Å². The zero-order valence-corrected chi connectivity index (χ0v) is 8.86. The molecule has 1 aliphatic heterocycles. The number of pyridine rings is 1. The first-order chi connectivity index (χ1) is 7.31. The van der Waals surface area contributed by atoms with Crippen LogP contribution < -0.4 is 10.2 Å². The normalized spacial score (nSPS) is 15.4. The van der Waals surface area contributed by atoms with E-state index in [0.717, 1.165) is 18.8 Å². The first-order valence-corrected chi connectivity index (χ1v) is 5.23. The highest BCUT2D eigenvalue weighted by Gasteiger charge is 2.14. The molecule has 0 unspecified atom stereocenters. The topological polar surface area (TPSA) is 45.2 Å². The number of amides is 1. The molecule has 0 aliphatic carbocycles. The highest BCUT2D eigenvalue weighted by molar-refractivity contribution is 5.94. The molecule has 1 aromatic heterocycles. The maximum atomic E-state index is 11.4. The average Bonchev–Trinajstić information content (AvgIpc) is 2.82. The molecule has 80 valence electrons. The van der Waals surface area contributed by atoms with Gasteiger partial charge in [-0.25, -0.2) is 0 Å². The van der Waals surface area contributed by atoms with Crippen LogP contribution in [0.3, 0.4) is 0 Å². The molecule has 1 saturated heterocycles. The second-order valence-corrected chi connectivity index (χ2v) is 3.71. The van der Waals surface area contributed by atoms with Crippen LogP contribution in [0.1, 0.15) is 23.2 Å². The number of carbonyl (C=O) groups is 1. The Morgan fingerprint density at radius 2 is 2.13 bits per heavy atom. The summed E-state index contributed by atoms with van der Waals surface area (Å²) in [5.74, 6) is -0.0800. The van der Waals surface area contributed by atoms with Crippen LogP contribution in [-0.2, 0) is 0 Å². The minimum absolute atomic E-state index is 0.0800. The van der Waals surface area contributed by atoms with Crippen molar-refractivity contribution in [3.05, 3.63) is 24.0 Å². The van der Waals surface area contributed by atoms with Gasteiger partial charge in [0.05, 0.1) is 17.4 Å². The summed E-state index contributed by atoms with van der Waals surface area (Å²) in [5, 5.41) is 2.60. The third-order valence-electron chi connectivity index (χ3n) is 2.68. The highest BCUT2D eigenvalue weighted by Crippen LogP contribution is 2.19. The Morgan fingerprint density at radius 3 is 2.80 bits per heavy atom. The van der Waals surface area contributed by atoms with Crippen molar-refractivity contribution >= 4 is 11.6 Å². The Labute approximate surface area is 89.3 Å². The molecule has 0 aromatic carbocycles. The summed E-state index contributed by atoms with van der Waals surface area (Å²) < 4.78 is 0. The minimum Gasteiger partial charge on any atom is -0.370 e. The van der Waals surface area contributed by atoms with Gasteiger partial charge in [0, 0.05) is 26.3 Å². The molecule has 0 saturated carbocycles.